The zero-order valence-corrected chi connectivity index (χ0v) is 24.3. The number of carbonyl (C=O) groups is 3. The number of nitrogens with zero attached hydrogens (tertiary/aromatic N) is 2. The van der Waals surface area contributed by atoms with Crippen LogP contribution in [0.4, 0.5) is 5.69 Å². The molecule has 0 spiro atoms. The van der Waals surface area contributed by atoms with Crippen LogP contribution < -0.4 is 10.2 Å². The summed E-state index contributed by atoms with van der Waals surface area (Å²) >= 11 is 12.6. The van der Waals surface area contributed by atoms with E-state index in [0.717, 1.165) is 47.7 Å². The van der Waals surface area contributed by atoms with Gasteiger partial charge in [0.25, 0.3) is 5.91 Å². The summed E-state index contributed by atoms with van der Waals surface area (Å²) < 4.78 is 0. The SMILES string of the molecule is CC[C@H](C(=O)NC1CCCCC1)N(Cc1ccc(Cl)cc1Cl)C(=O)CCCN1C(=O)c2cccc3cccc1c23. The molecular formula is C32H35Cl2N3O3. The number of nitrogens with one attached hydrogen (secondary N) is 1. The molecule has 1 fully saturated rings. The lowest BCUT2D eigenvalue weighted by molar-refractivity contribution is -0.141. The molecule has 210 valence electrons. The summed E-state index contributed by atoms with van der Waals surface area (Å²) in [6, 6.07) is 16.4. The molecule has 2 aliphatic rings. The fourth-order valence-electron chi connectivity index (χ4n) is 6.03. The van der Waals surface area contributed by atoms with Crippen LogP contribution in [0.2, 0.25) is 10.0 Å². The Kier molecular flexibility index (Phi) is 8.97. The number of halogens is 2. The molecule has 1 aliphatic carbocycles. The summed E-state index contributed by atoms with van der Waals surface area (Å²) in [5.41, 5.74) is 2.32. The molecule has 3 aromatic carbocycles. The van der Waals surface area contributed by atoms with Gasteiger partial charge < -0.3 is 15.1 Å². The van der Waals surface area contributed by atoms with E-state index in [9.17, 15) is 14.4 Å². The molecule has 6 nitrogen and oxygen atoms in total. The molecule has 1 aliphatic heterocycles. The minimum absolute atomic E-state index is 0.0395. The molecule has 0 aromatic heterocycles. The topological polar surface area (TPSA) is 69.7 Å². The van der Waals surface area contributed by atoms with Crippen molar-refractivity contribution < 1.29 is 14.4 Å². The lowest BCUT2D eigenvalue weighted by Gasteiger charge is -2.33. The Labute approximate surface area is 245 Å². The minimum atomic E-state index is -0.618. The Morgan fingerprint density at radius 3 is 2.52 bits per heavy atom. The van der Waals surface area contributed by atoms with Crippen molar-refractivity contribution in [2.75, 3.05) is 11.4 Å². The van der Waals surface area contributed by atoms with Crippen molar-refractivity contribution in [3.63, 3.8) is 0 Å². The van der Waals surface area contributed by atoms with Crippen molar-refractivity contribution in [2.45, 2.75) is 76.9 Å². The van der Waals surface area contributed by atoms with Crippen LogP contribution in [0, 0.1) is 0 Å². The van der Waals surface area contributed by atoms with Gasteiger partial charge in [-0.3, -0.25) is 14.4 Å². The Balaban J connectivity index is 1.31. The van der Waals surface area contributed by atoms with Crippen molar-refractivity contribution in [1.29, 1.82) is 0 Å². The predicted molar refractivity (Wildman–Crippen MR) is 161 cm³/mol. The molecule has 0 saturated heterocycles. The molecule has 3 aromatic rings. The second-order valence-electron chi connectivity index (χ2n) is 10.8. The fourth-order valence-corrected chi connectivity index (χ4v) is 6.50. The average molecular weight is 581 g/mol. The number of carbonyl (C=O) groups excluding carboxylic acids is 3. The molecule has 1 heterocycles. The lowest BCUT2D eigenvalue weighted by atomic mass is 9.95. The zero-order valence-electron chi connectivity index (χ0n) is 22.8. The number of rotatable bonds is 10. The van der Waals surface area contributed by atoms with Crippen LogP contribution in [0.15, 0.2) is 54.6 Å². The Morgan fingerprint density at radius 2 is 1.80 bits per heavy atom. The first-order valence-corrected chi connectivity index (χ1v) is 15.0. The number of hydrogen-bond donors (Lipinski definition) is 1. The van der Waals surface area contributed by atoms with Crippen LogP contribution in [0.3, 0.4) is 0 Å². The third-order valence-corrected chi connectivity index (χ3v) is 8.70. The molecule has 5 rings (SSSR count). The van der Waals surface area contributed by atoms with Gasteiger partial charge in [-0.2, -0.15) is 0 Å². The van der Waals surface area contributed by atoms with E-state index in [2.05, 4.69) is 5.32 Å². The van der Waals surface area contributed by atoms with Gasteiger partial charge in [0.05, 0.1) is 5.69 Å². The highest BCUT2D eigenvalue weighted by atomic mass is 35.5. The maximum atomic E-state index is 13.8. The van der Waals surface area contributed by atoms with Gasteiger partial charge >= 0.3 is 0 Å². The van der Waals surface area contributed by atoms with Gasteiger partial charge in [-0.25, -0.2) is 0 Å². The first kappa shape index (κ1) is 28.4. The summed E-state index contributed by atoms with van der Waals surface area (Å²) in [4.78, 5) is 43.8. The van der Waals surface area contributed by atoms with Crippen LogP contribution in [0.1, 0.15) is 74.2 Å². The number of anilines is 1. The Morgan fingerprint density at radius 1 is 1.05 bits per heavy atom. The molecule has 1 atom stereocenters. The normalized spacial score (nSPS) is 15.9. The maximum Gasteiger partial charge on any atom is 0.258 e. The molecular weight excluding hydrogens is 545 g/mol. The molecule has 8 heteroatoms. The predicted octanol–water partition coefficient (Wildman–Crippen LogP) is 7.14. The Hall–Kier alpha value is -3.09. The number of hydrogen-bond acceptors (Lipinski definition) is 3. The van der Waals surface area contributed by atoms with Crippen molar-refractivity contribution in [1.82, 2.24) is 10.2 Å². The first-order chi connectivity index (χ1) is 19.4. The van der Waals surface area contributed by atoms with Crippen molar-refractivity contribution in [3.05, 3.63) is 75.8 Å². The molecule has 3 amide bonds. The third kappa shape index (κ3) is 5.98. The van der Waals surface area contributed by atoms with E-state index < -0.39 is 6.04 Å². The van der Waals surface area contributed by atoms with E-state index >= 15 is 0 Å². The summed E-state index contributed by atoms with van der Waals surface area (Å²) in [6.07, 6.45) is 6.51. The molecule has 40 heavy (non-hydrogen) atoms. The Bertz CT molecular complexity index is 1410. The highest BCUT2D eigenvalue weighted by molar-refractivity contribution is 6.35. The first-order valence-electron chi connectivity index (χ1n) is 14.2. The largest absolute Gasteiger partial charge is 0.352 e. The zero-order chi connectivity index (χ0) is 28.2. The van der Waals surface area contributed by atoms with Gasteiger partial charge in [0.15, 0.2) is 0 Å². The van der Waals surface area contributed by atoms with E-state index in [0.29, 0.717) is 35.0 Å². The van der Waals surface area contributed by atoms with E-state index in [4.69, 9.17) is 23.2 Å². The molecule has 1 saturated carbocycles. The maximum absolute atomic E-state index is 13.8. The van der Waals surface area contributed by atoms with Gasteiger partial charge in [-0.05, 0) is 60.9 Å². The highest BCUT2D eigenvalue weighted by Gasteiger charge is 2.32. The summed E-state index contributed by atoms with van der Waals surface area (Å²) in [7, 11) is 0. The monoisotopic (exact) mass is 579 g/mol. The number of amides is 3. The van der Waals surface area contributed by atoms with Gasteiger partial charge in [0, 0.05) is 46.5 Å². The summed E-state index contributed by atoms with van der Waals surface area (Å²) in [6.45, 7) is 2.55. The van der Waals surface area contributed by atoms with Crippen LogP contribution >= 0.6 is 23.2 Å². The molecule has 1 N–H and O–H groups in total. The fraction of sp³-hybridized carbons (Fsp3) is 0.406. The van der Waals surface area contributed by atoms with Crippen LogP contribution in [-0.2, 0) is 16.1 Å². The van der Waals surface area contributed by atoms with Crippen molar-refractivity contribution in [2.24, 2.45) is 0 Å². The lowest BCUT2D eigenvalue weighted by Crippen LogP contribution is -2.51. The number of benzene rings is 3. The summed E-state index contributed by atoms with van der Waals surface area (Å²) in [5, 5.41) is 6.17. The second kappa shape index (κ2) is 12.6. The van der Waals surface area contributed by atoms with E-state index in [1.54, 1.807) is 28.0 Å². The van der Waals surface area contributed by atoms with Crippen LogP contribution in [0.25, 0.3) is 10.8 Å². The van der Waals surface area contributed by atoms with E-state index in [1.807, 2.05) is 43.3 Å². The smallest absolute Gasteiger partial charge is 0.258 e. The van der Waals surface area contributed by atoms with Gasteiger partial charge in [-0.1, -0.05) is 79.7 Å². The van der Waals surface area contributed by atoms with Crippen LogP contribution in [-0.4, -0.2) is 41.2 Å². The average Bonchev–Trinajstić information content (AvgIpc) is 3.22. The third-order valence-electron chi connectivity index (χ3n) is 8.11. The van der Waals surface area contributed by atoms with E-state index in [1.165, 1.54) is 6.42 Å². The van der Waals surface area contributed by atoms with E-state index in [-0.39, 0.29) is 36.7 Å². The minimum Gasteiger partial charge on any atom is -0.352 e. The summed E-state index contributed by atoms with van der Waals surface area (Å²) in [5.74, 6) is -0.300. The van der Waals surface area contributed by atoms with Crippen LogP contribution in [0.5, 0.6) is 0 Å². The van der Waals surface area contributed by atoms with Crippen molar-refractivity contribution >= 4 is 57.4 Å². The van der Waals surface area contributed by atoms with Gasteiger partial charge in [0.1, 0.15) is 6.04 Å². The quantitative estimate of drug-likeness (QED) is 0.277. The molecule has 0 radical (unpaired) electrons. The van der Waals surface area contributed by atoms with Gasteiger partial charge in [-0.15, -0.1) is 0 Å². The second-order valence-corrected chi connectivity index (χ2v) is 11.6. The van der Waals surface area contributed by atoms with Crippen molar-refractivity contribution in [3.8, 4) is 0 Å². The van der Waals surface area contributed by atoms with Gasteiger partial charge in [0.2, 0.25) is 11.8 Å². The highest BCUT2D eigenvalue weighted by Crippen LogP contribution is 2.37. The molecule has 0 bridgehead atoms. The standard InChI is InChI=1S/C32H35Cl2N3O3/c1-2-27(31(39)35-24-11-4-3-5-12-24)37(20-22-16-17-23(33)19-26(22)34)29(38)15-8-18-36-28-14-7-10-21-9-6-13-25(30(21)28)32(36)40/h6-7,9-10,13-14,16-17,19,24,27H,2-5,8,11-12,15,18,20H2,1H3,(H,35,39)/t27-/m1/s1. The molecule has 0 unspecified atom stereocenters.